The molecule has 1 aromatic heterocycles. The molecule has 0 fully saturated rings. The van der Waals surface area contributed by atoms with Crippen LogP contribution >= 0.6 is 28.3 Å². The average molecular weight is 435 g/mol. The Kier molecular flexibility index (Phi) is 7.95. The molecule has 2 nitrogen and oxygen atoms in total. The smallest absolute Gasteiger partial charge is 0.134 e. The molecule has 1 N–H and O–H groups in total. The molecular weight excluding hydrogens is 410 g/mol. The van der Waals surface area contributed by atoms with E-state index < -0.39 is 0 Å². The lowest BCUT2D eigenvalue weighted by atomic mass is 10.0. The maximum Gasteiger partial charge on any atom is 0.134 e. The molecule has 4 heteroatoms. The summed E-state index contributed by atoms with van der Waals surface area (Å²) in [7, 11) is 0. The maximum absolute atomic E-state index is 6.08. The van der Waals surface area contributed by atoms with Crippen LogP contribution in [-0.4, -0.2) is 0 Å². The van der Waals surface area contributed by atoms with Gasteiger partial charge in [-0.05, 0) is 54.8 Å². The predicted octanol–water partition coefficient (Wildman–Crippen LogP) is 7.07. The van der Waals surface area contributed by atoms with Crippen molar-refractivity contribution < 1.29 is 4.42 Å². The largest absolute Gasteiger partial charge is 0.460 e. The molecule has 0 amide bonds. The molecule has 3 rings (SSSR count). The Morgan fingerprint density at radius 3 is 2.50 bits per heavy atom. The van der Waals surface area contributed by atoms with Gasteiger partial charge in [-0.3, -0.25) is 0 Å². The van der Waals surface area contributed by atoms with Crippen LogP contribution in [0.15, 0.2) is 69.6 Å². The number of hydrogen-bond acceptors (Lipinski definition) is 2. The van der Waals surface area contributed by atoms with Crippen molar-refractivity contribution in [2.45, 2.75) is 39.3 Å². The molecule has 0 spiro atoms. The maximum atomic E-state index is 6.08. The highest BCUT2D eigenvalue weighted by Crippen LogP contribution is 2.28. The third kappa shape index (κ3) is 5.23. The molecule has 2 aromatic carbocycles. The Labute approximate surface area is 170 Å². The van der Waals surface area contributed by atoms with Crippen LogP contribution < -0.4 is 5.32 Å². The minimum atomic E-state index is 0. The van der Waals surface area contributed by atoms with Gasteiger partial charge in [0.25, 0.3) is 0 Å². The topological polar surface area (TPSA) is 25.2 Å². The molecule has 1 heterocycles. The van der Waals surface area contributed by atoms with Crippen LogP contribution in [0, 0.1) is 6.92 Å². The van der Waals surface area contributed by atoms with Gasteiger partial charge >= 0.3 is 0 Å². The summed E-state index contributed by atoms with van der Waals surface area (Å²) >= 11 is 3.51. The number of aryl methyl sites for hydroxylation is 1. The zero-order valence-corrected chi connectivity index (χ0v) is 17.6. The fourth-order valence-electron chi connectivity index (χ4n) is 3.11. The van der Waals surface area contributed by atoms with Crippen molar-refractivity contribution in [2.24, 2.45) is 0 Å². The standard InChI is InChI=1S/C22H24BrNO.ClH/c1-3-7-21(17-8-5-4-6-9-17)24-15-19-11-13-22(25-19)20-12-10-18(23)14-16(20)2;/h4-6,8-14,21,24H,3,7,15H2,1-2H3;1H. The number of rotatable bonds is 7. The highest BCUT2D eigenvalue weighted by molar-refractivity contribution is 9.10. The van der Waals surface area contributed by atoms with Gasteiger partial charge in [-0.25, -0.2) is 0 Å². The Morgan fingerprint density at radius 2 is 1.81 bits per heavy atom. The molecule has 1 unspecified atom stereocenters. The molecule has 26 heavy (non-hydrogen) atoms. The van der Waals surface area contributed by atoms with E-state index in [0.29, 0.717) is 6.04 Å². The molecule has 0 aliphatic heterocycles. The van der Waals surface area contributed by atoms with Crippen molar-refractivity contribution in [2.75, 3.05) is 0 Å². The van der Waals surface area contributed by atoms with Crippen molar-refractivity contribution in [3.63, 3.8) is 0 Å². The summed E-state index contributed by atoms with van der Waals surface area (Å²) in [5, 5.41) is 3.64. The van der Waals surface area contributed by atoms with Crippen LogP contribution in [0.2, 0.25) is 0 Å². The number of hydrogen-bond donors (Lipinski definition) is 1. The van der Waals surface area contributed by atoms with Crippen LogP contribution in [0.25, 0.3) is 11.3 Å². The molecule has 0 aliphatic carbocycles. The van der Waals surface area contributed by atoms with E-state index in [2.05, 4.69) is 95.8 Å². The minimum absolute atomic E-state index is 0. The third-order valence-corrected chi connectivity index (χ3v) is 4.91. The summed E-state index contributed by atoms with van der Waals surface area (Å²) < 4.78 is 7.17. The van der Waals surface area contributed by atoms with Gasteiger partial charge in [0.2, 0.25) is 0 Å². The van der Waals surface area contributed by atoms with E-state index in [0.717, 1.165) is 40.9 Å². The van der Waals surface area contributed by atoms with Gasteiger partial charge in [-0.2, -0.15) is 0 Å². The Balaban J connectivity index is 0.00000243. The Hall–Kier alpha value is -1.55. The first-order valence-corrected chi connectivity index (χ1v) is 9.60. The van der Waals surface area contributed by atoms with Crippen molar-refractivity contribution >= 4 is 28.3 Å². The van der Waals surface area contributed by atoms with Crippen LogP contribution in [0.4, 0.5) is 0 Å². The second-order valence-corrected chi connectivity index (χ2v) is 7.27. The van der Waals surface area contributed by atoms with Gasteiger partial charge in [0.05, 0.1) is 6.54 Å². The second-order valence-electron chi connectivity index (χ2n) is 6.36. The van der Waals surface area contributed by atoms with E-state index in [1.165, 1.54) is 11.1 Å². The summed E-state index contributed by atoms with van der Waals surface area (Å²) in [6.45, 7) is 5.06. The Morgan fingerprint density at radius 1 is 1.04 bits per heavy atom. The highest BCUT2D eigenvalue weighted by atomic mass is 79.9. The van der Waals surface area contributed by atoms with E-state index in [1.54, 1.807) is 0 Å². The Bertz CT molecular complexity index is 816. The van der Waals surface area contributed by atoms with Crippen LogP contribution in [-0.2, 0) is 6.54 Å². The molecule has 0 saturated carbocycles. The van der Waals surface area contributed by atoms with E-state index in [9.17, 15) is 0 Å². The lowest BCUT2D eigenvalue weighted by Gasteiger charge is -2.18. The fraction of sp³-hybridized carbons (Fsp3) is 0.273. The lowest BCUT2D eigenvalue weighted by Crippen LogP contribution is -2.20. The number of benzene rings is 2. The monoisotopic (exact) mass is 433 g/mol. The van der Waals surface area contributed by atoms with E-state index in [-0.39, 0.29) is 12.4 Å². The van der Waals surface area contributed by atoms with Gasteiger partial charge < -0.3 is 9.73 Å². The van der Waals surface area contributed by atoms with Crippen LogP contribution in [0.5, 0.6) is 0 Å². The lowest BCUT2D eigenvalue weighted by molar-refractivity contribution is 0.438. The molecule has 138 valence electrons. The molecule has 0 aliphatic rings. The summed E-state index contributed by atoms with van der Waals surface area (Å²) in [6, 6.07) is 21.4. The SMILES string of the molecule is CCCC(NCc1ccc(-c2ccc(Br)cc2C)o1)c1ccccc1.Cl. The van der Waals surface area contributed by atoms with E-state index >= 15 is 0 Å². The summed E-state index contributed by atoms with van der Waals surface area (Å²) in [6.07, 6.45) is 2.26. The first-order valence-electron chi connectivity index (χ1n) is 8.81. The van der Waals surface area contributed by atoms with Gasteiger partial charge in [-0.15, -0.1) is 12.4 Å². The number of halogens is 2. The van der Waals surface area contributed by atoms with Gasteiger partial charge in [0.1, 0.15) is 11.5 Å². The van der Waals surface area contributed by atoms with E-state index in [1.807, 2.05) is 0 Å². The van der Waals surface area contributed by atoms with Gasteiger partial charge in [-0.1, -0.05) is 59.6 Å². The van der Waals surface area contributed by atoms with Gasteiger partial charge in [0, 0.05) is 16.1 Å². The van der Waals surface area contributed by atoms with Crippen LogP contribution in [0.1, 0.15) is 42.7 Å². The number of nitrogens with one attached hydrogen (secondary N) is 1. The quantitative estimate of drug-likeness (QED) is 0.430. The third-order valence-electron chi connectivity index (χ3n) is 4.42. The molecule has 0 radical (unpaired) electrons. The van der Waals surface area contributed by atoms with Crippen molar-refractivity contribution in [1.29, 1.82) is 0 Å². The number of furan rings is 1. The summed E-state index contributed by atoms with van der Waals surface area (Å²) in [4.78, 5) is 0. The zero-order valence-electron chi connectivity index (χ0n) is 15.2. The molecular formula is C22H25BrClNO. The summed E-state index contributed by atoms with van der Waals surface area (Å²) in [5.74, 6) is 1.89. The fourth-order valence-corrected chi connectivity index (χ4v) is 3.58. The van der Waals surface area contributed by atoms with Crippen LogP contribution in [0.3, 0.4) is 0 Å². The molecule has 3 aromatic rings. The predicted molar refractivity (Wildman–Crippen MR) is 115 cm³/mol. The van der Waals surface area contributed by atoms with E-state index in [4.69, 9.17) is 4.42 Å². The minimum Gasteiger partial charge on any atom is -0.460 e. The molecule has 0 saturated heterocycles. The molecule has 0 bridgehead atoms. The van der Waals surface area contributed by atoms with Crippen molar-refractivity contribution in [3.8, 4) is 11.3 Å². The van der Waals surface area contributed by atoms with Crippen molar-refractivity contribution in [1.82, 2.24) is 5.32 Å². The second kappa shape index (κ2) is 9.96. The normalized spacial score (nSPS) is 11.8. The first kappa shape index (κ1) is 20.8. The molecule has 1 atom stereocenters. The average Bonchev–Trinajstić information content (AvgIpc) is 3.08. The van der Waals surface area contributed by atoms with Crippen molar-refractivity contribution in [3.05, 3.63) is 82.0 Å². The first-order chi connectivity index (χ1) is 12.2. The zero-order chi connectivity index (χ0) is 17.6. The van der Waals surface area contributed by atoms with Gasteiger partial charge in [0.15, 0.2) is 0 Å². The summed E-state index contributed by atoms with van der Waals surface area (Å²) in [5.41, 5.74) is 3.68. The highest BCUT2D eigenvalue weighted by Gasteiger charge is 2.12.